The number of fused-ring (bicyclic) bond motifs is 1. The topological polar surface area (TPSA) is 106 Å². The lowest BCUT2D eigenvalue weighted by Gasteiger charge is -2.19. The molecule has 0 fully saturated rings. The average Bonchev–Trinajstić information content (AvgIpc) is 2.35. The molecule has 1 amide bonds. The van der Waals surface area contributed by atoms with Gasteiger partial charge in [-0.25, -0.2) is 0 Å². The van der Waals surface area contributed by atoms with Crippen molar-refractivity contribution in [3.8, 4) is 5.75 Å². The van der Waals surface area contributed by atoms with E-state index >= 15 is 0 Å². The smallest absolute Gasteiger partial charge is 0.262 e. The maximum absolute atomic E-state index is 11.2. The molecule has 106 valence electrons. The summed E-state index contributed by atoms with van der Waals surface area (Å²) in [6.45, 7) is 1.41. The molecule has 1 aliphatic heterocycles. The second kappa shape index (κ2) is 5.55. The van der Waals surface area contributed by atoms with Gasteiger partial charge in [0.05, 0.1) is 23.9 Å². The molecule has 0 spiro atoms. The molecule has 0 atom stereocenters. The molecule has 2 rings (SSSR count). The van der Waals surface area contributed by atoms with E-state index in [2.05, 4.69) is 15.7 Å². The normalized spacial score (nSPS) is 13.6. The molecule has 1 aromatic rings. The fourth-order valence-electron chi connectivity index (χ4n) is 1.67. The fourth-order valence-corrected chi connectivity index (χ4v) is 1.67. The number of anilines is 1. The number of nitrogens with zero attached hydrogens (tertiary/aromatic N) is 3. The number of carbonyl (C=O) groups excluding carboxylic acids is 2. The van der Waals surface area contributed by atoms with E-state index in [9.17, 15) is 14.7 Å². The van der Waals surface area contributed by atoms with Crippen molar-refractivity contribution in [2.75, 3.05) is 25.5 Å². The van der Waals surface area contributed by atoms with Gasteiger partial charge in [0, 0.05) is 13.1 Å². The predicted octanol–water partition coefficient (Wildman–Crippen LogP) is 0.00632. The molecule has 1 aliphatic rings. The molecule has 0 aromatic heterocycles. The van der Waals surface area contributed by atoms with Gasteiger partial charge in [-0.1, -0.05) is 5.22 Å². The summed E-state index contributed by atoms with van der Waals surface area (Å²) in [6.07, 6.45) is 0. The second-order valence-electron chi connectivity index (χ2n) is 4.35. The summed E-state index contributed by atoms with van der Waals surface area (Å²) in [4.78, 5) is 21.6. The maximum Gasteiger partial charge on any atom is 0.262 e. The van der Waals surface area contributed by atoms with Crippen LogP contribution < -0.4 is 15.2 Å². The highest BCUT2D eigenvalue weighted by atomic mass is 16.5. The van der Waals surface area contributed by atoms with E-state index in [1.54, 1.807) is 19.1 Å². The first-order valence-corrected chi connectivity index (χ1v) is 5.85. The minimum atomic E-state index is -1.24. The molecule has 0 radical (unpaired) electrons. The first-order valence-electron chi connectivity index (χ1n) is 5.85. The predicted molar refractivity (Wildman–Crippen MR) is 67.5 cm³/mol. The Kier molecular flexibility index (Phi) is 3.83. The van der Waals surface area contributed by atoms with E-state index in [1.807, 2.05) is 0 Å². The van der Waals surface area contributed by atoms with Crippen molar-refractivity contribution in [1.29, 1.82) is 0 Å². The molecule has 1 N–H and O–H groups in total. The number of carboxylic acids is 1. The lowest BCUT2D eigenvalue weighted by Crippen LogP contribution is -2.33. The number of ether oxygens (including phenoxy) is 1. The van der Waals surface area contributed by atoms with Crippen molar-refractivity contribution in [2.45, 2.75) is 6.92 Å². The second-order valence-corrected chi connectivity index (χ2v) is 4.35. The Bertz CT molecular complexity index is 585. The van der Waals surface area contributed by atoms with Gasteiger partial charge in [0.25, 0.3) is 5.91 Å². The van der Waals surface area contributed by atoms with Gasteiger partial charge in [-0.15, -0.1) is 5.11 Å². The van der Waals surface area contributed by atoms with Crippen LogP contribution in [0, 0.1) is 6.92 Å². The number of aliphatic carboxylic acids is 1. The minimum Gasteiger partial charge on any atom is -0.548 e. The standard InChI is InChI=1S/C12H14N4O4/c1-7-3-9-10(20-6-11(17)13-9)4-8(7)14-15-16(2)5-12(18)19/h3-4H,5-6H2,1-2H3,(H,13,17)(H,18,19)/p-1. The van der Waals surface area contributed by atoms with Crippen molar-refractivity contribution in [3.05, 3.63) is 17.7 Å². The first-order chi connectivity index (χ1) is 9.45. The SMILES string of the molecule is Cc1cc2c(cc1N=NN(C)CC(=O)[O-])OCC(=O)N2. The highest BCUT2D eigenvalue weighted by Crippen LogP contribution is 2.34. The number of amides is 1. The van der Waals surface area contributed by atoms with Gasteiger partial charge in [-0.3, -0.25) is 9.80 Å². The van der Waals surface area contributed by atoms with Crippen molar-refractivity contribution < 1.29 is 19.4 Å². The number of benzene rings is 1. The van der Waals surface area contributed by atoms with Crippen LogP contribution in [-0.2, 0) is 9.59 Å². The van der Waals surface area contributed by atoms with E-state index in [0.29, 0.717) is 17.1 Å². The summed E-state index contributed by atoms with van der Waals surface area (Å²) in [6, 6.07) is 3.36. The van der Waals surface area contributed by atoms with Gasteiger partial charge in [-0.05, 0) is 18.6 Å². The number of carboxylic acid groups (broad SMARTS) is 1. The molecule has 0 saturated carbocycles. The Labute approximate surface area is 115 Å². The zero-order chi connectivity index (χ0) is 14.7. The highest BCUT2D eigenvalue weighted by Gasteiger charge is 2.17. The fraction of sp³-hybridized carbons (Fsp3) is 0.333. The van der Waals surface area contributed by atoms with Gasteiger partial charge >= 0.3 is 0 Å². The number of hydrogen-bond donors (Lipinski definition) is 1. The molecule has 8 nitrogen and oxygen atoms in total. The van der Waals surface area contributed by atoms with Crippen molar-refractivity contribution in [2.24, 2.45) is 10.3 Å². The summed E-state index contributed by atoms with van der Waals surface area (Å²) < 4.78 is 5.27. The number of rotatable bonds is 4. The quantitative estimate of drug-likeness (QED) is 0.616. The molecule has 0 bridgehead atoms. The zero-order valence-corrected chi connectivity index (χ0v) is 11.0. The molecule has 0 saturated heterocycles. The van der Waals surface area contributed by atoms with Crippen molar-refractivity contribution in [1.82, 2.24) is 5.01 Å². The van der Waals surface area contributed by atoms with Gasteiger partial charge in [0.1, 0.15) is 5.75 Å². The largest absolute Gasteiger partial charge is 0.548 e. The third-order valence-corrected chi connectivity index (χ3v) is 2.59. The minimum absolute atomic E-state index is 0.0444. The van der Waals surface area contributed by atoms with E-state index in [0.717, 1.165) is 10.6 Å². The van der Waals surface area contributed by atoms with E-state index in [4.69, 9.17) is 4.74 Å². The summed E-state index contributed by atoms with van der Waals surface area (Å²) in [7, 11) is 1.48. The van der Waals surface area contributed by atoms with Gasteiger partial charge < -0.3 is 20.0 Å². The molecule has 0 aliphatic carbocycles. The lowest BCUT2D eigenvalue weighted by atomic mass is 10.1. The number of nitrogens with one attached hydrogen (secondary N) is 1. The monoisotopic (exact) mass is 277 g/mol. The number of aryl methyl sites for hydroxylation is 1. The lowest BCUT2D eigenvalue weighted by molar-refractivity contribution is -0.306. The van der Waals surface area contributed by atoms with Crippen LogP contribution in [0.5, 0.6) is 5.75 Å². The van der Waals surface area contributed by atoms with Gasteiger partial charge in [-0.2, -0.15) is 0 Å². The van der Waals surface area contributed by atoms with Crippen LogP contribution in [0.15, 0.2) is 22.5 Å². The third-order valence-electron chi connectivity index (χ3n) is 2.59. The van der Waals surface area contributed by atoms with Crippen LogP contribution in [0.4, 0.5) is 11.4 Å². The Morgan fingerprint density at radius 2 is 2.30 bits per heavy atom. The first kappa shape index (κ1) is 13.8. The number of carbonyl (C=O) groups is 2. The van der Waals surface area contributed by atoms with Gasteiger partial charge in [0.2, 0.25) is 0 Å². The van der Waals surface area contributed by atoms with E-state index in [-0.39, 0.29) is 19.1 Å². The van der Waals surface area contributed by atoms with E-state index < -0.39 is 5.97 Å². The van der Waals surface area contributed by atoms with Crippen molar-refractivity contribution in [3.63, 3.8) is 0 Å². The molecule has 1 aromatic carbocycles. The van der Waals surface area contributed by atoms with Crippen LogP contribution in [0.2, 0.25) is 0 Å². The van der Waals surface area contributed by atoms with Crippen LogP contribution in [0.3, 0.4) is 0 Å². The summed E-state index contributed by atoms with van der Waals surface area (Å²) in [5, 5.41) is 21.9. The van der Waals surface area contributed by atoms with Crippen LogP contribution >= 0.6 is 0 Å². The van der Waals surface area contributed by atoms with Crippen molar-refractivity contribution >= 4 is 23.3 Å². The van der Waals surface area contributed by atoms with Gasteiger partial charge in [0.15, 0.2) is 6.61 Å². The molecule has 0 unspecified atom stereocenters. The number of hydrogen-bond acceptors (Lipinski definition) is 6. The Morgan fingerprint density at radius 3 is 3.00 bits per heavy atom. The Balaban J connectivity index is 2.19. The van der Waals surface area contributed by atoms with Crippen LogP contribution in [0.25, 0.3) is 0 Å². The van der Waals surface area contributed by atoms with E-state index in [1.165, 1.54) is 7.05 Å². The zero-order valence-electron chi connectivity index (χ0n) is 11.0. The summed E-state index contributed by atoms with van der Waals surface area (Å²) in [5.41, 5.74) is 1.89. The van der Waals surface area contributed by atoms with Crippen LogP contribution in [-0.4, -0.2) is 37.1 Å². The average molecular weight is 277 g/mol. The third kappa shape index (κ3) is 3.22. The summed E-state index contributed by atoms with van der Waals surface area (Å²) >= 11 is 0. The molecule has 1 heterocycles. The number of likely N-dealkylation sites (N-methyl/N-ethyl adjacent to an activating group) is 1. The maximum atomic E-state index is 11.2. The highest BCUT2D eigenvalue weighted by molar-refractivity contribution is 5.95. The Morgan fingerprint density at radius 1 is 1.55 bits per heavy atom. The molecule has 8 heteroatoms. The van der Waals surface area contributed by atoms with Crippen LogP contribution in [0.1, 0.15) is 5.56 Å². The molecular formula is C12H13N4O4-. The molecule has 20 heavy (non-hydrogen) atoms. The summed E-state index contributed by atoms with van der Waals surface area (Å²) in [5.74, 6) is -0.939. The molecular weight excluding hydrogens is 264 g/mol. The Hall–Kier alpha value is -2.64.